The van der Waals surface area contributed by atoms with Crippen LogP contribution in [0.1, 0.15) is 23.7 Å². The number of carbonyl (C=O) groups excluding carboxylic acids is 1. The van der Waals surface area contributed by atoms with Crippen LogP contribution in [0.5, 0.6) is 5.75 Å². The lowest BCUT2D eigenvalue weighted by Crippen LogP contribution is -2.14. The Bertz CT molecular complexity index is 415. The summed E-state index contributed by atoms with van der Waals surface area (Å²) in [7, 11) is 1.27. The van der Waals surface area contributed by atoms with Crippen LogP contribution in [-0.2, 0) is 4.74 Å². The Balaban J connectivity index is 2.98. The minimum atomic E-state index is -0.550. The molecule has 0 spiro atoms. The lowest BCUT2D eigenvalue weighted by Gasteiger charge is -2.15. The average Bonchev–Trinajstić information content (AvgIpc) is 2.28. The van der Waals surface area contributed by atoms with E-state index in [-0.39, 0.29) is 17.4 Å². The number of carbonyl (C=O) groups is 1. The smallest absolute Gasteiger partial charge is 0.341 e. The second-order valence-electron chi connectivity index (χ2n) is 3.58. The van der Waals surface area contributed by atoms with Crippen LogP contribution in [0.4, 0.5) is 4.39 Å². The number of hydrogen-bond donors (Lipinski definition) is 0. The van der Waals surface area contributed by atoms with Crippen molar-refractivity contribution in [2.45, 2.75) is 19.4 Å². The molecule has 0 amide bonds. The van der Waals surface area contributed by atoms with Crippen LogP contribution in [0.2, 0.25) is 0 Å². The van der Waals surface area contributed by atoms with Gasteiger partial charge >= 0.3 is 5.97 Å². The number of ether oxygens (including phenoxy) is 2. The molecule has 1 unspecified atom stereocenters. The Kier molecular flexibility index (Phi) is 4.69. The van der Waals surface area contributed by atoms with Gasteiger partial charge in [-0.1, -0.05) is 6.08 Å². The van der Waals surface area contributed by atoms with Gasteiger partial charge in [0.1, 0.15) is 17.1 Å². The van der Waals surface area contributed by atoms with Gasteiger partial charge in [-0.3, -0.25) is 0 Å². The molecule has 1 atom stereocenters. The molecular formula is C13H15FO3. The van der Waals surface area contributed by atoms with Crippen molar-refractivity contribution in [3.05, 3.63) is 42.2 Å². The molecule has 0 radical (unpaired) electrons. The second-order valence-corrected chi connectivity index (χ2v) is 3.58. The van der Waals surface area contributed by atoms with E-state index in [9.17, 15) is 9.18 Å². The molecule has 4 heteroatoms. The fourth-order valence-corrected chi connectivity index (χ4v) is 1.37. The standard InChI is InChI=1S/C13H15FO3/c1-4-5-9(2)17-12-8-10(14)6-7-11(12)13(15)16-3/h4,6-9H,1,5H2,2-3H3. The van der Waals surface area contributed by atoms with Crippen molar-refractivity contribution in [3.63, 3.8) is 0 Å². The molecule has 17 heavy (non-hydrogen) atoms. The van der Waals surface area contributed by atoms with E-state index in [1.54, 1.807) is 6.08 Å². The topological polar surface area (TPSA) is 35.5 Å². The molecule has 1 aromatic carbocycles. The van der Waals surface area contributed by atoms with Gasteiger partial charge in [0.25, 0.3) is 0 Å². The lowest BCUT2D eigenvalue weighted by molar-refractivity contribution is 0.0593. The monoisotopic (exact) mass is 238 g/mol. The summed E-state index contributed by atoms with van der Waals surface area (Å²) < 4.78 is 23.2. The Hall–Kier alpha value is -1.84. The summed E-state index contributed by atoms with van der Waals surface area (Å²) in [5, 5.41) is 0. The zero-order chi connectivity index (χ0) is 12.8. The van der Waals surface area contributed by atoms with Gasteiger partial charge in [-0.25, -0.2) is 9.18 Å². The molecule has 1 rings (SSSR count). The summed E-state index contributed by atoms with van der Waals surface area (Å²) in [6.07, 6.45) is 2.12. The van der Waals surface area contributed by atoms with Crippen LogP contribution in [-0.4, -0.2) is 19.2 Å². The fourth-order valence-electron chi connectivity index (χ4n) is 1.37. The van der Waals surface area contributed by atoms with E-state index >= 15 is 0 Å². The van der Waals surface area contributed by atoms with E-state index in [1.165, 1.54) is 25.3 Å². The third-order valence-corrected chi connectivity index (χ3v) is 2.18. The van der Waals surface area contributed by atoms with Crippen LogP contribution in [0, 0.1) is 5.82 Å². The van der Waals surface area contributed by atoms with Gasteiger partial charge in [-0.05, 0) is 19.1 Å². The minimum Gasteiger partial charge on any atom is -0.489 e. The zero-order valence-corrected chi connectivity index (χ0v) is 9.90. The van der Waals surface area contributed by atoms with Gasteiger partial charge in [0.15, 0.2) is 0 Å². The summed E-state index contributed by atoms with van der Waals surface area (Å²) in [6.45, 7) is 5.40. The van der Waals surface area contributed by atoms with E-state index < -0.39 is 11.8 Å². The maximum absolute atomic E-state index is 13.1. The molecule has 0 N–H and O–H groups in total. The van der Waals surface area contributed by atoms with Gasteiger partial charge in [-0.2, -0.15) is 0 Å². The van der Waals surface area contributed by atoms with Crippen LogP contribution < -0.4 is 4.74 Å². The summed E-state index contributed by atoms with van der Waals surface area (Å²) in [4.78, 5) is 11.4. The predicted octanol–water partition coefficient (Wildman–Crippen LogP) is 2.96. The summed E-state index contributed by atoms with van der Waals surface area (Å²) in [5.74, 6) is -0.824. The van der Waals surface area contributed by atoms with Gasteiger partial charge in [0, 0.05) is 12.5 Å². The van der Waals surface area contributed by atoms with Crippen molar-refractivity contribution in [1.82, 2.24) is 0 Å². The molecular weight excluding hydrogens is 223 g/mol. The van der Waals surface area contributed by atoms with E-state index in [1.807, 2.05) is 6.92 Å². The van der Waals surface area contributed by atoms with E-state index in [0.29, 0.717) is 6.42 Å². The van der Waals surface area contributed by atoms with Crippen molar-refractivity contribution >= 4 is 5.97 Å². The van der Waals surface area contributed by atoms with Crippen molar-refractivity contribution in [2.24, 2.45) is 0 Å². The van der Waals surface area contributed by atoms with Crippen molar-refractivity contribution in [3.8, 4) is 5.75 Å². The Morgan fingerprint density at radius 2 is 2.29 bits per heavy atom. The molecule has 0 aromatic heterocycles. The van der Waals surface area contributed by atoms with Crippen molar-refractivity contribution in [2.75, 3.05) is 7.11 Å². The average molecular weight is 238 g/mol. The molecule has 0 saturated carbocycles. The maximum Gasteiger partial charge on any atom is 0.341 e. The van der Waals surface area contributed by atoms with Crippen molar-refractivity contribution < 1.29 is 18.7 Å². The molecule has 0 heterocycles. The van der Waals surface area contributed by atoms with Crippen LogP contribution in [0.15, 0.2) is 30.9 Å². The largest absolute Gasteiger partial charge is 0.489 e. The molecule has 0 bridgehead atoms. The van der Waals surface area contributed by atoms with E-state index in [0.717, 1.165) is 0 Å². The molecule has 92 valence electrons. The predicted molar refractivity (Wildman–Crippen MR) is 62.6 cm³/mol. The molecule has 0 fully saturated rings. The van der Waals surface area contributed by atoms with E-state index in [4.69, 9.17) is 4.74 Å². The first-order valence-corrected chi connectivity index (χ1v) is 5.24. The summed E-state index contributed by atoms with van der Waals surface area (Å²) in [6, 6.07) is 3.71. The number of esters is 1. The fraction of sp³-hybridized carbons (Fsp3) is 0.308. The molecule has 0 aliphatic rings. The Morgan fingerprint density at radius 3 is 2.88 bits per heavy atom. The number of rotatable bonds is 5. The molecule has 3 nitrogen and oxygen atoms in total. The summed E-state index contributed by atoms with van der Waals surface area (Å²) >= 11 is 0. The quantitative estimate of drug-likeness (QED) is 0.584. The van der Waals surface area contributed by atoms with Gasteiger partial charge in [0.2, 0.25) is 0 Å². The third-order valence-electron chi connectivity index (χ3n) is 2.18. The van der Waals surface area contributed by atoms with Crippen molar-refractivity contribution in [1.29, 1.82) is 0 Å². The van der Waals surface area contributed by atoms with Crippen LogP contribution in [0.3, 0.4) is 0 Å². The van der Waals surface area contributed by atoms with Gasteiger partial charge in [0.05, 0.1) is 13.2 Å². The van der Waals surface area contributed by atoms with Crippen LogP contribution in [0.25, 0.3) is 0 Å². The molecule has 1 aromatic rings. The number of methoxy groups -OCH3 is 1. The number of halogens is 1. The number of benzene rings is 1. The second kappa shape index (κ2) is 6.03. The first kappa shape index (κ1) is 13.2. The first-order valence-electron chi connectivity index (χ1n) is 5.24. The summed E-state index contributed by atoms with van der Waals surface area (Å²) in [5.41, 5.74) is 0.213. The van der Waals surface area contributed by atoms with Crippen LogP contribution >= 0.6 is 0 Å². The Labute approximate surface area is 99.9 Å². The highest BCUT2D eigenvalue weighted by Gasteiger charge is 2.15. The third kappa shape index (κ3) is 3.59. The SMILES string of the molecule is C=CCC(C)Oc1cc(F)ccc1C(=O)OC. The normalized spacial score (nSPS) is 11.7. The number of hydrogen-bond acceptors (Lipinski definition) is 3. The Morgan fingerprint density at radius 1 is 1.59 bits per heavy atom. The molecule has 0 aliphatic carbocycles. The first-order chi connectivity index (χ1) is 8.08. The minimum absolute atomic E-state index is 0.183. The maximum atomic E-state index is 13.1. The molecule has 0 aliphatic heterocycles. The highest BCUT2D eigenvalue weighted by Crippen LogP contribution is 2.22. The van der Waals surface area contributed by atoms with Gasteiger partial charge < -0.3 is 9.47 Å². The zero-order valence-electron chi connectivity index (χ0n) is 9.90. The van der Waals surface area contributed by atoms with Gasteiger partial charge in [-0.15, -0.1) is 6.58 Å². The van der Waals surface area contributed by atoms with E-state index in [2.05, 4.69) is 11.3 Å². The lowest BCUT2D eigenvalue weighted by atomic mass is 10.2. The molecule has 0 saturated heterocycles. The highest BCUT2D eigenvalue weighted by molar-refractivity contribution is 5.92. The highest BCUT2D eigenvalue weighted by atomic mass is 19.1.